The number of anilines is 1. The summed E-state index contributed by atoms with van der Waals surface area (Å²) in [6, 6.07) is 7.09. The van der Waals surface area contributed by atoms with Crippen LogP contribution in [0.4, 0.5) is 5.69 Å². The molecule has 0 bridgehead atoms. The number of rotatable bonds is 6. The van der Waals surface area contributed by atoms with Gasteiger partial charge in [-0.1, -0.05) is 15.9 Å². The lowest BCUT2D eigenvalue weighted by atomic mass is 10.3. The molecule has 2 aromatic heterocycles. The summed E-state index contributed by atoms with van der Waals surface area (Å²) in [6.45, 7) is 3.94. The van der Waals surface area contributed by atoms with Gasteiger partial charge < -0.3 is 10.1 Å². The zero-order valence-electron chi connectivity index (χ0n) is 14.2. The molecule has 9 heteroatoms. The molecule has 0 radical (unpaired) electrons. The molecule has 1 atom stereocenters. The fourth-order valence-corrected chi connectivity index (χ4v) is 2.86. The molecule has 2 heterocycles. The highest BCUT2D eigenvalue weighted by Crippen LogP contribution is 2.20. The summed E-state index contributed by atoms with van der Waals surface area (Å²) >= 11 is 6.78. The van der Waals surface area contributed by atoms with Gasteiger partial charge in [0.2, 0.25) is 5.91 Å². The lowest BCUT2D eigenvalue weighted by Crippen LogP contribution is -2.25. The first-order chi connectivity index (χ1) is 12.4. The number of nitrogens with zero attached hydrogens (tertiary/aromatic N) is 4. The Balaban J connectivity index is 1.58. The second-order valence-corrected chi connectivity index (χ2v) is 7.45. The minimum absolute atomic E-state index is 0.169. The first-order valence-corrected chi connectivity index (χ1v) is 9.44. The number of hydrogen-bond acceptors (Lipinski definition) is 4. The SMILES string of the molecule is Cc1c(Br)cnn1C(C)C(=O)Nc1cnn(COc2ccc(Br)cc2)c1. The summed E-state index contributed by atoms with van der Waals surface area (Å²) in [5.74, 6) is 0.569. The zero-order valence-corrected chi connectivity index (χ0v) is 17.4. The molecule has 0 aliphatic rings. The summed E-state index contributed by atoms with van der Waals surface area (Å²) in [6.07, 6.45) is 4.98. The van der Waals surface area contributed by atoms with Crippen molar-refractivity contribution in [2.45, 2.75) is 26.6 Å². The van der Waals surface area contributed by atoms with Crippen molar-refractivity contribution in [2.75, 3.05) is 5.32 Å². The number of aromatic nitrogens is 4. The predicted molar refractivity (Wildman–Crippen MR) is 105 cm³/mol. The van der Waals surface area contributed by atoms with Crippen LogP contribution in [0.1, 0.15) is 18.7 Å². The standard InChI is InChI=1S/C17H17Br2N5O2/c1-11-16(19)8-21-24(11)12(2)17(25)22-14-7-20-23(9-14)10-26-15-5-3-13(18)4-6-15/h3-9,12H,10H2,1-2H3,(H,22,25). The average Bonchev–Trinajstić information content (AvgIpc) is 3.21. The van der Waals surface area contributed by atoms with Crippen LogP contribution in [0.25, 0.3) is 0 Å². The third-order valence-corrected chi connectivity index (χ3v) is 5.12. The number of hydrogen-bond donors (Lipinski definition) is 1. The monoisotopic (exact) mass is 481 g/mol. The van der Waals surface area contributed by atoms with E-state index in [1.54, 1.807) is 34.9 Å². The molecule has 7 nitrogen and oxygen atoms in total. The van der Waals surface area contributed by atoms with E-state index in [-0.39, 0.29) is 12.6 Å². The Morgan fingerprint density at radius 3 is 2.62 bits per heavy atom. The molecule has 0 aliphatic carbocycles. The maximum atomic E-state index is 12.4. The van der Waals surface area contributed by atoms with Crippen LogP contribution in [0, 0.1) is 6.92 Å². The van der Waals surface area contributed by atoms with Gasteiger partial charge in [0, 0.05) is 4.47 Å². The van der Waals surface area contributed by atoms with Gasteiger partial charge >= 0.3 is 0 Å². The Bertz CT molecular complexity index is 904. The van der Waals surface area contributed by atoms with Crippen LogP contribution < -0.4 is 10.1 Å². The van der Waals surface area contributed by atoms with Crippen LogP contribution in [0.15, 0.2) is 51.8 Å². The molecule has 1 N–H and O–H groups in total. The number of halogens is 2. The number of nitrogens with one attached hydrogen (secondary N) is 1. The molecule has 0 aliphatic heterocycles. The molecule has 26 heavy (non-hydrogen) atoms. The van der Waals surface area contributed by atoms with Gasteiger partial charge in [-0.25, -0.2) is 4.68 Å². The van der Waals surface area contributed by atoms with Crippen molar-refractivity contribution in [3.63, 3.8) is 0 Å². The fraction of sp³-hybridized carbons (Fsp3) is 0.235. The highest BCUT2D eigenvalue weighted by atomic mass is 79.9. The Hall–Kier alpha value is -2.13. The summed E-state index contributed by atoms with van der Waals surface area (Å²) in [4.78, 5) is 12.4. The van der Waals surface area contributed by atoms with Crippen molar-refractivity contribution < 1.29 is 9.53 Å². The van der Waals surface area contributed by atoms with Crippen molar-refractivity contribution >= 4 is 43.5 Å². The molecular weight excluding hydrogens is 466 g/mol. The maximum absolute atomic E-state index is 12.4. The van der Waals surface area contributed by atoms with Crippen molar-refractivity contribution in [3.8, 4) is 5.75 Å². The van der Waals surface area contributed by atoms with Crippen LogP contribution in [-0.4, -0.2) is 25.5 Å². The molecule has 136 valence electrons. The summed E-state index contributed by atoms with van der Waals surface area (Å²) in [5, 5.41) is 11.3. The van der Waals surface area contributed by atoms with Gasteiger partial charge in [-0.15, -0.1) is 0 Å². The van der Waals surface area contributed by atoms with E-state index in [9.17, 15) is 4.79 Å². The molecule has 0 spiro atoms. The van der Waals surface area contributed by atoms with E-state index in [2.05, 4.69) is 47.4 Å². The Labute approximate surface area is 167 Å². The lowest BCUT2D eigenvalue weighted by Gasteiger charge is -2.13. The van der Waals surface area contributed by atoms with Crippen molar-refractivity contribution in [2.24, 2.45) is 0 Å². The molecule has 0 saturated carbocycles. The van der Waals surface area contributed by atoms with Gasteiger partial charge in [0.05, 0.1) is 34.4 Å². The van der Waals surface area contributed by atoms with Gasteiger partial charge in [-0.2, -0.15) is 10.2 Å². The minimum Gasteiger partial charge on any atom is -0.471 e. The van der Waals surface area contributed by atoms with Crippen LogP contribution in [0.5, 0.6) is 5.75 Å². The van der Waals surface area contributed by atoms with Crippen LogP contribution in [0.2, 0.25) is 0 Å². The normalized spacial score (nSPS) is 12.0. The van der Waals surface area contributed by atoms with E-state index >= 15 is 0 Å². The van der Waals surface area contributed by atoms with E-state index in [4.69, 9.17) is 4.74 Å². The van der Waals surface area contributed by atoms with Gasteiger partial charge in [-0.05, 0) is 54.0 Å². The fourth-order valence-electron chi connectivity index (χ4n) is 2.32. The smallest absolute Gasteiger partial charge is 0.249 e. The Morgan fingerprint density at radius 2 is 1.96 bits per heavy atom. The van der Waals surface area contributed by atoms with Gasteiger partial charge in [0.1, 0.15) is 11.8 Å². The molecule has 1 aromatic carbocycles. The van der Waals surface area contributed by atoms with Crippen molar-refractivity contribution in [1.29, 1.82) is 0 Å². The average molecular weight is 483 g/mol. The number of carbonyl (C=O) groups is 1. The number of benzene rings is 1. The Morgan fingerprint density at radius 1 is 1.23 bits per heavy atom. The molecule has 0 saturated heterocycles. The van der Waals surface area contributed by atoms with E-state index in [0.717, 1.165) is 20.4 Å². The topological polar surface area (TPSA) is 74.0 Å². The number of amides is 1. The van der Waals surface area contributed by atoms with Gasteiger partial charge in [0.15, 0.2) is 6.73 Å². The summed E-state index contributed by atoms with van der Waals surface area (Å²) in [7, 11) is 0. The van der Waals surface area contributed by atoms with E-state index in [0.29, 0.717) is 5.69 Å². The van der Waals surface area contributed by atoms with Gasteiger partial charge in [0.25, 0.3) is 0 Å². The highest BCUT2D eigenvalue weighted by Gasteiger charge is 2.19. The lowest BCUT2D eigenvalue weighted by molar-refractivity contribution is -0.119. The first-order valence-electron chi connectivity index (χ1n) is 7.85. The third-order valence-electron chi connectivity index (χ3n) is 3.81. The minimum atomic E-state index is -0.441. The molecule has 3 rings (SSSR count). The zero-order chi connectivity index (χ0) is 18.7. The van der Waals surface area contributed by atoms with Crippen LogP contribution >= 0.6 is 31.9 Å². The summed E-state index contributed by atoms with van der Waals surface area (Å²) in [5.41, 5.74) is 1.50. The van der Waals surface area contributed by atoms with Crippen LogP contribution in [0.3, 0.4) is 0 Å². The summed E-state index contributed by atoms with van der Waals surface area (Å²) < 4.78 is 10.8. The molecule has 0 fully saturated rings. The maximum Gasteiger partial charge on any atom is 0.249 e. The van der Waals surface area contributed by atoms with Crippen molar-refractivity contribution in [1.82, 2.24) is 19.6 Å². The molecular formula is C17H17Br2N5O2. The van der Waals surface area contributed by atoms with E-state index < -0.39 is 6.04 Å². The third kappa shape index (κ3) is 4.34. The first kappa shape index (κ1) is 18.7. The second-order valence-electron chi connectivity index (χ2n) is 5.68. The number of ether oxygens (including phenoxy) is 1. The predicted octanol–water partition coefficient (Wildman–Crippen LogP) is 4.15. The quantitative estimate of drug-likeness (QED) is 0.572. The largest absolute Gasteiger partial charge is 0.471 e. The van der Waals surface area contributed by atoms with E-state index in [1.165, 1.54) is 0 Å². The Kier molecular flexibility index (Phi) is 5.77. The molecule has 3 aromatic rings. The number of carbonyl (C=O) groups excluding carboxylic acids is 1. The van der Waals surface area contributed by atoms with Crippen molar-refractivity contribution in [3.05, 3.63) is 57.5 Å². The highest BCUT2D eigenvalue weighted by molar-refractivity contribution is 9.10. The van der Waals surface area contributed by atoms with Gasteiger partial charge in [-0.3, -0.25) is 9.48 Å². The molecule has 1 unspecified atom stereocenters. The second kappa shape index (κ2) is 8.05. The molecule has 1 amide bonds. The van der Waals surface area contributed by atoms with Crippen LogP contribution in [-0.2, 0) is 11.5 Å². The van der Waals surface area contributed by atoms with E-state index in [1.807, 2.05) is 31.2 Å².